The summed E-state index contributed by atoms with van der Waals surface area (Å²) in [5.41, 5.74) is 1.28. The summed E-state index contributed by atoms with van der Waals surface area (Å²) in [7, 11) is 1.41. The van der Waals surface area contributed by atoms with E-state index in [1.165, 1.54) is 24.4 Å². The Morgan fingerprint density at radius 1 is 1.47 bits per heavy atom. The number of hydrogen-bond acceptors (Lipinski definition) is 3. The lowest BCUT2D eigenvalue weighted by Crippen LogP contribution is -1.95. The highest BCUT2D eigenvalue weighted by Gasteiger charge is 2.02. The molecule has 0 radical (unpaired) electrons. The molecule has 1 rings (SSSR count). The second-order valence-electron chi connectivity index (χ2n) is 3.00. The number of carbonyl (C=O) groups is 1. The van der Waals surface area contributed by atoms with Gasteiger partial charge in [-0.3, -0.25) is 0 Å². The first-order valence-electron chi connectivity index (χ1n) is 4.68. The Kier molecular flexibility index (Phi) is 5.79. The molecule has 0 heterocycles. The molecule has 0 spiro atoms. The van der Waals surface area contributed by atoms with Gasteiger partial charge in [0.15, 0.2) is 0 Å². The van der Waals surface area contributed by atoms with Crippen LogP contribution >= 0.6 is 27.7 Å². The fourth-order valence-electron chi connectivity index (χ4n) is 1.18. The number of aryl methyl sites for hydroxylation is 1. The molecule has 0 aliphatic carbocycles. The van der Waals surface area contributed by atoms with Crippen molar-refractivity contribution < 1.29 is 9.53 Å². The summed E-state index contributed by atoms with van der Waals surface area (Å²) in [4.78, 5) is 10.8. The molecule has 0 aromatic heterocycles. The average molecular weight is 289 g/mol. The third kappa shape index (κ3) is 4.71. The third-order valence-corrected chi connectivity index (χ3v) is 3.60. The van der Waals surface area contributed by atoms with Crippen molar-refractivity contribution in [3.8, 4) is 0 Å². The molecule has 0 N–H and O–H groups in total. The second kappa shape index (κ2) is 6.90. The summed E-state index contributed by atoms with van der Waals surface area (Å²) >= 11 is 4.72. The number of ether oxygens (including phenoxy) is 1. The Morgan fingerprint density at radius 2 is 2.20 bits per heavy atom. The van der Waals surface area contributed by atoms with Gasteiger partial charge < -0.3 is 4.74 Å². The van der Waals surface area contributed by atoms with E-state index in [-0.39, 0.29) is 5.30 Å². The van der Waals surface area contributed by atoms with Crippen LogP contribution < -0.4 is 0 Å². The molecule has 4 heteroatoms. The van der Waals surface area contributed by atoms with Gasteiger partial charge in [0.05, 0.1) is 7.11 Å². The lowest BCUT2D eigenvalue weighted by atomic mass is 10.1. The Labute approximate surface area is 103 Å². The average Bonchev–Trinajstić information content (AvgIpc) is 2.26. The van der Waals surface area contributed by atoms with Gasteiger partial charge in [0.1, 0.15) is 0 Å². The predicted molar refractivity (Wildman–Crippen MR) is 67.3 cm³/mol. The topological polar surface area (TPSA) is 26.3 Å². The van der Waals surface area contributed by atoms with Crippen LogP contribution in [0.3, 0.4) is 0 Å². The summed E-state index contributed by atoms with van der Waals surface area (Å²) in [5.74, 6) is 0.800. The van der Waals surface area contributed by atoms with Crippen molar-refractivity contribution >= 4 is 33.0 Å². The first-order chi connectivity index (χ1) is 7.24. The largest absolute Gasteiger partial charge is 0.461 e. The van der Waals surface area contributed by atoms with Crippen LogP contribution in [0.1, 0.15) is 12.0 Å². The van der Waals surface area contributed by atoms with Crippen molar-refractivity contribution in [3.05, 3.63) is 34.3 Å². The maximum atomic E-state index is 10.8. The van der Waals surface area contributed by atoms with Gasteiger partial charge in [-0.05, 0) is 36.2 Å². The maximum absolute atomic E-state index is 10.8. The summed E-state index contributed by atoms with van der Waals surface area (Å²) in [6, 6.07) is 8.14. The normalized spacial score (nSPS) is 10.0. The monoisotopic (exact) mass is 288 g/mol. The molecule has 0 aliphatic rings. The Balaban J connectivity index is 2.26. The molecule has 0 aliphatic heterocycles. The van der Waals surface area contributed by atoms with Crippen LogP contribution in [0.2, 0.25) is 0 Å². The molecule has 0 atom stereocenters. The van der Waals surface area contributed by atoms with E-state index in [2.05, 4.69) is 26.7 Å². The molecule has 1 aromatic rings. The summed E-state index contributed by atoms with van der Waals surface area (Å²) in [6.45, 7) is 0. The number of halogens is 1. The summed E-state index contributed by atoms with van der Waals surface area (Å²) in [6.07, 6.45) is 1.95. The molecule has 1 aromatic carbocycles. The zero-order valence-corrected chi connectivity index (χ0v) is 10.9. The lowest BCUT2D eigenvalue weighted by molar-refractivity contribution is 0.200. The van der Waals surface area contributed by atoms with E-state index in [9.17, 15) is 4.79 Å². The third-order valence-electron chi connectivity index (χ3n) is 1.93. The van der Waals surface area contributed by atoms with Crippen molar-refractivity contribution in [1.82, 2.24) is 0 Å². The fourth-order valence-corrected chi connectivity index (χ4v) is 2.23. The van der Waals surface area contributed by atoms with Crippen molar-refractivity contribution in [1.29, 1.82) is 0 Å². The quantitative estimate of drug-likeness (QED) is 0.621. The van der Waals surface area contributed by atoms with Crippen LogP contribution in [0.25, 0.3) is 0 Å². The minimum Gasteiger partial charge on any atom is -0.461 e. The van der Waals surface area contributed by atoms with Gasteiger partial charge in [-0.25, -0.2) is 4.79 Å². The molecule has 0 unspecified atom stereocenters. The highest BCUT2D eigenvalue weighted by molar-refractivity contribution is 9.10. The molecular formula is C11H13BrO2S. The number of carbonyl (C=O) groups excluding carboxylic acids is 1. The highest BCUT2D eigenvalue weighted by atomic mass is 79.9. The standard InChI is InChI=1S/C11H13BrO2S/c1-14-11(13)15-8-4-6-9-5-2-3-7-10(9)12/h2-3,5,7H,4,6,8H2,1H3. The van der Waals surface area contributed by atoms with Gasteiger partial charge in [0.25, 0.3) is 0 Å². The predicted octanol–water partition coefficient (Wildman–Crippen LogP) is 3.88. The molecule has 15 heavy (non-hydrogen) atoms. The zero-order chi connectivity index (χ0) is 11.1. The Bertz CT molecular complexity index is 328. The minimum absolute atomic E-state index is 0.206. The van der Waals surface area contributed by atoms with Gasteiger partial charge in [0.2, 0.25) is 0 Å². The number of benzene rings is 1. The van der Waals surface area contributed by atoms with Gasteiger partial charge in [-0.1, -0.05) is 34.1 Å². The Hall–Kier alpha value is -0.480. The molecule has 0 saturated carbocycles. The Morgan fingerprint density at radius 3 is 2.87 bits per heavy atom. The SMILES string of the molecule is COC(=O)SCCCc1ccccc1Br. The van der Waals surface area contributed by atoms with E-state index >= 15 is 0 Å². The van der Waals surface area contributed by atoms with E-state index in [0.717, 1.165) is 23.1 Å². The van der Waals surface area contributed by atoms with Crippen molar-refractivity contribution in [2.45, 2.75) is 12.8 Å². The summed E-state index contributed by atoms with van der Waals surface area (Å²) < 4.78 is 5.67. The highest BCUT2D eigenvalue weighted by Crippen LogP contribution is 2.18. The number of thioether (sulfide) groups is 1. The van der Waals surface area contributed by atoms with Gasteiger partial charge in [0, 0.05) is 10.2 Å². The van der Waals surface area contributed by atoms with E-state index < -0.39 is 0 Å². The first kappa shape index (κ1) is 12.6. The molecular weight excluding hydrogens is 276 g/mol. The molecule has 0 saturated heterocycles. The molecule has 2 nitrogen and oxygen atoms in total. The van der Waals surface area contributed by atoms with E-state index in [0.29, 0.717) is 0 Å². The van der Waals surface area contributed by atoms with E-state index in [1.807, 2.05) is 18.2 Å². The van der Waals surface area contributed by atoms with Gasteiger partial charge in [-0.2, -0.15) is 0 Å². The smallest absolute Gasteiger partial charge is 0.367 e. The van der Waals surface area contributed by atoms with E-state index in [4.69, 9.17) is 0 Å². The van der Waals surface area contributed by atoms with Crippen LogP contribution in [0.4, 0.5) is 4.79 Å². The molecule has 0 bridgehead atoms. The zero-order valence-electron chi connectivity index (χ0n) is 8.53. The van der Waals surface area contributed by atoms with Gasteiger partial charge in [-0.15, -0.1) is 0 Å². The molecule has 82 valence electrons. The number of methoxy groups -OCH3 is 1. The van der Waals surface area contributed by atoms with Crippen LogP contribution in [0, 0.1) is 0 Å². The molecule has 0 amide bonds. The maximum Gasteiger partial charge on any atom is 0.367 e. The lowest BCUT2D eigenvalue weighted by Gasteiger charge is -2.03. The summed E-state index contributed by atoms with van der Waals surface area (Å²) in [5, 5.41) is -0.206. The van der Waals surface area contributed by atoms with E-state index in [1.54, 1.807) is 0 Å². The van der Waals surface area contributed by atoms with Crippen LogP contribution in [0.5, 0.6) is 0 Å². The van der Waals surface area contributed by atoms with Gasteiger partial charge >= 0.3 is 5.30 Å². The van der Waals surface area contributed by atoms with Crippen molar-refractivity contribution in [2.75, 3.05) is 12.9 Å². The van der Waals surface area contributed by atoms with Crippen LogP contribution in [-0.2, 0) is 11.2 Å². The molecule has 0 fully saturated rings. The first-order valence-corrected chi connectivity index (χ1v) is 6.46. The number of rotatable bonds is 4. The van der Waals surface area contributed by atoms with Crippen molar-refractivity contribution in [3.63, 3.8) is 0 Å². The van der Waals surface area contributed by atoms with Crippen LogP contribution in [-0.4, -0.2) is 18.2 Å². The number of hydrogen-bond donors (Lipinski definition) is 0. The van der Waals surface area contributed by atoms with Crippen molar-refractivity contribution in [2.24, 2.45) is 0 Å². The fraction of sp³-hybridized carbons (Fsp3) is 0.364. The second-order valence-corrected chi connectivity index (χ2v) is 4.88. The minimum atomic E-state index is -0.206. The van der Waals surface area contributed by atoms with Crippen LogP contribution in [0.15, 0.2) is 28.7 Å².